The van der Waals surface area contributed by atoms with Gasteiger partial charge in [-0.1, -0.05) is 12.1 Å². The van der Waals surface area contributed by atoms with Crippen molar-refractivity contribution in [2.75, 3.05) is 51.8 Å². The highest BCUT2D eigenvalue weighted by Crippen LogP contribution is 2.40. The molecule has 1 N–H and O–H groups in total. The smallest absolute Gasteiger partial charge is 0.416 e. The number of anilines is 1. The van der Waals surface area contributed by atoms with Crippen LogP contribution in [0.3, 0.4) is 0 Å². The molecule has 0 spiro atoms. The van der Waals surface area contributed by atoms with Crippen LogP contribution in [0.25, 0.3) is 0 Å². The molecule has 4 amide bonds. The Morgan fingerprint density at radius 2 is 1.47 bits per heavy atom. The number of hydrogen-bond acceptors (Lipinski definition) is 5. The molecule has 2 aliphatic heterocycles. The molecule has 270 valence electrons. The van der Waals surface area contributed by atoms with Crippen LogP contribution >= 0.6 is 0 Å². The van der Waals surface area contributed by atoms with Crippen LogP contribution in [0.1, 0.15) is 56.2 Å². The summed E-state index contributed by atoms with van der Waals surface area (Å²) in [6.45, 7) is 5.47. The summed E-state index contributed by atoms with van der Waals surface area (Å²) >= 11 is 0. The number of amides is 4. The number of carbonyl (C=O) groups excluding carboxylic acids is 3. The maximum Gasteiger partial charge on any atom is 0.416 e. The van der Waals surface area contributed by atoms with E-state index in [-0.39, 0.29) is 57.7 Å². The van der Waals surface area contributed by atoms with Crippen LogP contribution in [-0.4, -0.2) is 86.4 Å². The molecule has 2 saturated heterocycles. The van der Waals surface area contributed by atoms with E-state index in [9.17, 15) is 45.1 Å². The van der Waals surface area contributed by atoms with Crippen LogP contribution in [0.2, 0.25) is 0 Å². The summed E-state index contributed by atoms with van der Waals surface area (Å²) in [6, 6.07) is 4.50. The number of hydrogen-bond donors (Lipinski definition) is 1. The molecule has 2 heterocycles. The number of nitrogens with one attached hydrogen (secondary N) is 1. The predicted octanol–water partition coefficient (Wildman–Crippen LogP) is 6.67. The minimum absolute atomic E-state index is 0.0274. The quantitative estimate of drug-likeness (QED) is 0.340. The summed E-state index contributed by atoms with van der Waals surface area (Å²) in [5.74, 6) is -1.49. The van der Waals surface area contributed by atoms with Gasteiger partial charge in [-0.05, 0) is 69.5 Å². The number of ether oxygens (including phenoxy) is 2. The Hall–Kier alpha value is -4.08. The Morgan fingerprint density at radius 1 is 0.918 bits per heavy atom. The fourth-order valence-electron chi connectivity index (χ4n) is 6.12. The predicted molar refractivity (Wildman–Crippen MR) is 164 cm³/mol. The first-order valence-electron chi connectivity index (χ1n) is 15.5. The Balaban J connectivity index is 1.65. The van der Waals surface area contributed by atoms with Crippen molar-refractivity contribution in [2.24, 2.45) is 5.41 Å². The van der Waals surface area contributed by atoms with Gasteiger partial charge in [-0.2, -0.15) is 26.3 Å². The van der Waals surface area contributed by atoms with Gasteiger partial charge in [-0.25, -0.2) is 14.0 Å². The minimum atomic E-state index is -5.12. The highest BCUT2D eigenvalue weighted by molar-refractivity contribution is 5.92. The number of rotatable bonds is 6. The Morgan fingerprint density at radius 3 is 1.98 bits per heavy atom. The number of likely N-dealkylation sites (tertiary alicyclic amines) is 1. The largest absolute Gasteiger partial charge is 0.444 e. The van der Waals surface area contributed by atoms with Gasteiger partial charge in [0.15, 0.2) is 0 Å². The van der Waals surface area contributed by atoms with Crippen LogP contribution in [0.4, 0.5) is 46.0 Å². The van der Waals surface area contributed by atoms with Crippen molar-refractivity contribution < 1.29 is 54.6 Å². The molecule has 2 aromatic rings. The summed E-state index contributed by atoms with van der Waals surface area (Å²) in [7, 11) is 2.39. The molecule has 49 heavy (non-hydrogen) atoms. The number of benzene rings is 2. The number of likely N-dealkylation sites (N-methyl/N-ethyl adjacent to an activating group) is 1. The second-order valence-electron chi connectivity index (χ2n) is 13.4. The van der Waals surface area contributed by atoms with E-state index in [0.29, 0.717) is 22.6 Å². The molecule has 0 radical (unpaired) electrons. The van der Waals surface area contributed by atoms with E-state index in [1.54, 1.807) is 20.8 Å². The first-order valence-corrected chi connectivity index (χ1v) is 15.5. The molecule has 0 aromatic heterocycles. The summed E-state index contributed by atoms with van der Waals surface area (Å²) in [5, 5.41) is 2.68. The van der Waals surface area contributed by atoms with Crippen molar-refractivity contribution in [3.63, 3.8) is 0 Å². The number of carbonyl (C=O) groups is 3. The van der Waals surface area contributed by atoms with Gasteiger partial charge < -0.3 is 24.6 Å². The van der Waals surface area contributed by atoms with E-state index in [1.165, 1.54) is 36.2 Å². The molecular formula is C33H39F7N4O5. The molecule has 2 fully saturated rings. The summed E-state index contributed by atoms with van der Waals surface area (Å²) in [6.07, 6.45) is -10.4. The Kier molecular flexibility index (Phi) is 10.8. The number of urea groups is 1. The SMILES string of the molecule is CN(C(=O)N(C)[C@@H]1CN(C(=O)C2(CNC(=O)OC(C)(C)C)CCOCC2)C[C@H]1c1ccc(F)cc1)c1cc(C(F)(F)F)cc(C(F)(F)F)c1. The maximum atomic E-state index is 14.3. The number of alkyl carbamates (subject to hydrolysis) is 1. The minimum Gasteiger partial charge on any atom is -0.444 e. The lowest BCUT2D eigenvalue weighted by atomic mass is 9.78. The van der Waals surface area contributed by atoms with E-state index in [4.69, 9.17) is 9.47 Å². The first kappa shape index (κ1) is 37.7. The van der Waals surface area contributed by atoms with Crippen LogP contribution in [0.5, 0.6) is 0 Å². The van der Waals surface area contributed by atoms with E-state index >= 15 is 0 Å². The standard InChI is InChI=1S/C33H39F7N4O5/c1-30(2,3)49-28(46)41-19-31(10-12-48-13-11-31)27(45)44-17-25(20-6-8-23(34)9-7-20)26(18-44)43(5)29(47)42(4)24-15-21(32(35,36)37)14-22(16-24)33(38,39)40/h6-9,14-16,25-26H,10-13,17-19H2,1-5H3,(H,41,46)/t25-,26+/m0/s1. The maximum absolute atomic E-state index is 14.3. The molecule has 0 aliphatic carbocycles. The normalized spacial score (nSPS) is 19.7. The molecule has 4 rings (SSSR count). The van der Waals surface area contributed by atoms with E-state index in [1.807, 2.05) is 0 Å². The second kappa shape index (κ2) is 14.0. The van der Waals surface area contributed by atoms with Crippen LogP contribution in [0, 0.1) is 11.2 Å². The van der Waals surface area contributed by atoms with Gasteiger partial charge in [-0.15, -0.1) is 0 Å². The third-order valence-corrected chi connectivity index (χ3v) is 8.79. The summed E-state index contributed by atoms with van der Waals surface area (Å²) in [5.41, 5.74) is -5.13. The first-order chi connectivity index (χ1) is 22.6. The third kappa shape index (κ3) is 8.94. The van der Waals surface area contributed by atoms with Crippen LogP contribution in [0.15, 0.2) is 42.5 Å². The average Bonchev–Trinajstić information content (AvgIpc) is 3.46. The molecule has 0 saturated carbocycles. The zero-order chi connectivity index (χ0) is 36.5. The molecule has 2 atom stereocenters. The van der Waals surface area contributed by atoms with Gasteiger partial charge >= 0.3 is 24.5 Å². The van der Waals surface area contributed by atoms with Crippen molar-refractivity contribution >= 4 is 23.7 Å². The summed E-state index contributed by atoms with van der Waals surface area (Å²) in [4.78, 5) is 43.9. The zero-order valence-electron chi connectivity index (χ0n) is 27.7. The number of nitrogens with zero attached hydrogens (tertiary/aromatic N) is 3. The van der Waals surface area contributed by atoms with Gasteiger partial charge in [-0.3, -0.25) is 9.69 Å². The topological polar surface area (TPSA) is 91.4 Å². The van der Waals surface area contributed by atoms with Crippen molar-refractivity contribution in [3.8, 4) is 0 Å². The molecule has 2 aliphatic rings. The van der Waals surface area contributed by atoms with Crippen molar-refractivity contribution in [3.05, 3.63) is 65.0 Å². The highest BCUT2D eigenvalue weighted by atomic mass is 19.4. The lowest BCUT2D eigenvalue weighted by molar-refractivity contribution is -0.147. The van der Waals surface area contributed by atoms with Gasteiger partial charge in [0.2, 0.25) is 5.91 Å². The lowest BCUT2D eigenvalue weighted by Crippen LogP contribution is -2.53. The monoisotopic (exact) mass is 704 g/mol. The third-order valence-electron chi connectivity index (χ3n) is 8.79. The Bertz CT molecular complexity index is 1490. The fraction of sp³-hybridized carbons (Fsp3) is 0.545. The number of halogens is 7. The Labute approximate surface area is 279 Å². The molecule has 9 nitrogen and oxygen atoms in total. The van der Waals surface area contributed by atoms with Gasteiger partial charge in [0.1, 0.15) is 11.4 Å². The second-order valence-corrected chi connectivity index (χ2v) is 13.4. The zero-order valence-corrected chi connectivity index (χ0v) is 27.7. The highest BCUT2D eigenvalue weighted by Gasteiger charge is 2.48. The molecule has 0 bridgehead atoms. The lowest BCUT2D eigenvalue weighted by Gasteiger charge is -2.39. The number of alkyl halides is 6. The van der Waals surface area contributed by atoms with Gasteiger partial charge in [0, 0.05) is 58.5 Å². The van der Waals surface area contributed by atoms with Crippen molar-refractivity contribution in [1.29, 1.82) is 0 Å². The molecule has 16 heteroatoms. The van der Waals surface area contributed by atoms with Gasteiger partial charge in [0.05, 0.1) is 22.6 Å². The van der Waals surface area contributed by atoms with Crippen molar-refractivity contribution in [1.82, 2.24) is 15.1 Å². The van der Waals surface area contributed by atoms with Crippen LogP contribution < -0.4 is 10.2 Å². The van der Waals surface area contributed by atoms with Gasteiger partial charge in [0.25, 0.3) is 0 Å². The average molecular weight is 705 g/mol. The van der Waals surface area contributed by atoms with E-state index < -0.39 is 70.1 Å². The van der Waals surface area contributed by atoms with E-state index in [2.05, 4.69) is 5.32 Å². The van der Waals surface area contributed by atoms with E-state index in [0.717, 1.165) is 11.9 Å². The van der Waals surface area contributed by atoms with Crippen LogP contribution in [-0.2, 0) is 26.6 Å². The molecular weight excluding hydrogens is 665 g/mol. The summed E-state index contributed by atoms with van der Waals surface area (Å²) < 4.78 is 106. The fourth-order valence-corrected chi connectivity index (χ4v) is 6.12. The molecule has 0 unspecified atom stereocenters. The van der Waals surface area contributed by atoms with Crippen molar-refractivity contribution in [2.45, 2.75) is 63.5 Å². The molecule has 2 aromatic carbocycles.